The van der Waals surface area contributed by atoms with Crippen LogP contribution in [-0.4, -0.2) is 41.1 Å². The van der Waals surface area contributed by atoms with Gasteiger partial charge in [-0.3, -0.25) is 4.79 Å². The predicted molar refractivity (Wildman–Crippen MR) is 120 cm³/mol. The highest BCUT2D eigenvalue weighted by molar-refractivity contribution is 7.14. The first-order valence-electron chi connectivity index (χ1n) is 10.4. The van der Waals surface area contributed by atoms with Gasteiger partial charge in [0.1, 0.15) is 12.7 Å². The molecule has 164 valence electrons. The molecule has 1 aromatic heterocycles. The van der Waals surface area contributed by atoms with Crippen LogP contribution in [0.2, 0.25) is 0 Å². The van der Waals surface area contributed by atoms with Crippen LogP contribution in [0, 0.1) is 5.92 Å². The first-order valence-corrected chi connectivity index (χ1v) is 11.2. The largest absolute Gasteiger partial charge is 0.445 e. The number of hydrogen-bond donors (Lipinski definition) is 2. The molecule has 0 aliphatic rings. The number of nitrogens with zero attached hydrogens (tertiary/aromatic N) is 1. The Morgan fingerprint density at radius 2 is 1.77 bits per heavy atom. The minimum absolute atomic E-state index is 0.0425. The smallest absolute Gasteiger partial charge is 0.407 e. The van der Waals surface area contributed by atoms with Crippen molar-refractivity contribution in [2.24, 2.45) is 5.92 Å². The van der Waals surface area contributed by atoms with Gasteiger partial charge in [-0.1, -0.05) is 44.2 Å². The third kappa shape index (κ3) is 6.85. The number of rotatable bonds is 10. The van der Waals surface area contributed by atoms with Crippen LogP contribution in [-0.2, 0) is 11.3 Å². The van der Waals surface area contributed by atoms with Crippen LogP contribution in [0.15, 0.2) is 42.5 Å². The van der Waals surface area contributed by atoms with Gasteiger partial charge < -0.3 is 20.1 Å². The summed E-state index contributed by atoms with van der Waals surface area (Å²) in [5.41, 5.74) is 0.895. The minimum atomic E-state index is -0.917. The fourth-order valence-electron chi connectivity index (χ4n) is 3.18. The maximum absolute atomic E-state index is 12.6. The van der Waals surface area contributed by atoms with E-state index in [0.29, 0.717) is 29.3 Å². The summed E-state index contributed by atoms with van der Waals surface area (Å²) in [5.74, 6) is 0.218. The van der Waals surface area contributed by atoms with E-state index in [9.17, 15) is 14.7 Å². The van der Waals surface area contributed by atoms with Crippen molar-refractivity contribution in [3.63, 3.8) is 0 Å². The molecule has 2 N–H and O–H groups in total. The van der Waals surface area contributed by atoms with Crippen LogP contribution < -0.4 is 5.32 Å². The average molecular weight is 433 g/mol. The molecule has 7 heteroatoms. The number of hydrogen-bond acceptors (Lipinski definition) is 5. The molecule has 0 radical (unpaired) electrons. The van der Waals surface area contributed by atoms with Gasteiger partial charge in [-0.25, -0.2) is 4.79 Å². The van der Waals surface area contributed by atoms with Gasteiger partial charge in [0, 0.05) is 18.0 Å². The molecule has 2 unspecified atom stereocenters. The Hall–Kier alpha value is -2.38. The third-order valence-electron chi connectivity index (χ3n) is 4.80. The zero-order chi connectivity index (χ0) is 22.1. The Morgan fingerprint density at radius 3 is 2.37 bits per heavy atom. The summed E-state index contributed by atoms with van der Waals surface area (Å²) in [4.78, 5) is 27.9. The number of aliphatic hydroxyl groups is 1. The van der Waals surface area contributed by atoms with Crippen molar-refractivity contribution >= 4 is 23.3 Å². The summed E-state index contributed by atoms with van der Waals surface area (Å²) in [6.07, 6.45) is -0.904. The molecule has 30 heavy (non-hydrogen) atoms. The molecule has 0 saturated heterocycles. The average Bonchev–Trinajstić information content (AvgIpc) is 3.22. The molecular formula is C23H32N2O4S. The Balaban J connectivity index is 2.05. The Labute approximate surface area is 182 Å². The van der Waals surface area contributed by atoms with Crippen LogP contribution >= 0.6 is 11.3 Å². The summed E-state index contributed by atoms with van der Waals surface area (Å²) in [7, 11) is 0. The van der Waals surface area contributed by atoms with Gasteiger partial charge in [0.05, 0.1) is 10.9 Å². The van der Waals surface area contributed by atoms with Gasteiger partial charge in [0.15, 0.2) is 0 Å². The lowest BCUT2D eigenvalue weighted by Gasteiger charge is -2.25. The molecule has 2 amide bonds. The Bertz CT molecular complexity index is 803. The second-order valence-electron chi connectivity index (χ2n) is 7.57. The second-order valence-corrected chi connectivity index (χ2v) is 8.68. The molecule has 6 nitrogen and oxygen atoms in total. The lowest BCUT2D eigenvalue weighted by atomic mass is 9.98. The highest BCUT2D eigenvalue weighted by Gasteiger charge is 2.27. The van der Waals surface area contributed by atoms with Crippen molar-refractivity contribution in [3.8, 4) is 0 Å². The number of ether oxygens (including phenoxy) is 1. The number of amides is 2. The fourth-order valence-corrected chi connectivity index (χ4v) is 4.21. The maximum atomic E-state index is 12.6. The molecular weight excluding hydrogens is 400 g/mol. The predicted octanol–water partition coefficient (Wildman–Crippen LogP) is 4.60. The lowest BCUT2D eigenvalue weighted by molar-refractivity contribution is 0.0777. The lowest BCUT2D eigenvalue weighted by Crippen LogP contribution is -2.40. The van der Waals surface area contributed by atoms with E-state index < -0.39 is 18.2 Å². The molecule has 0 saturated carbocycles. The van der Waals surface area contributed by atoms with E-state index in [0.717, 1.165) is 5.56 Å². The number of alkyl carbamates (subject to hydrolysis) is 1. The molecule has 1 heterocycles. The van der Waals surface area contributed by atoms with Crippen molar-refractivity contribution in [1.29, 1.82) is 0 Å². The topological polar surface area (TPSA) is 78.9 Å². The third-order valence-corrected chi connectivity index (χ3v) is 5.95. The Morgan fingerprint density at radius 1 is 1.10 bits per heavy atom. The highest BCUT2D eigenvalue weighted by atomic mass is 32.1. The van der Waals surface area contributed by atoms with E-state index >= 15 is 0 Å². The van der Waals surface area contributed by atoms with Gasteiger partial charge in [0.2, 0.25) is 0 Å². The van der Waals surface area contributed by atoms with Gasteiger partial charge in [-0.2, -0.15) is 0 Å². The number of benzene rings is 1. The summed E-state index contributed by atoms with van der Waals surface area (Å²) in [6, 6.07) is 12.4. The minimum Gasteiger partial charge on any atom is -0.445 e. The van der Waals surface area contributed by atoms with E-state index in [1.165, 1.54) is 11.3 Å². The summed E-state index contributed by atoms with van der Waals surface area (Å²) in [5, 5.41) is 13.7. The van der Waals surface area contributed by atoms with Gasteiger partial charge in [-0.05, 0) is 43.9 Å². The molecule has 1 aromatic carbocycles. The Kier molecular flexibility index (Phi) is 9.33. The first-order chi connectivity index (χ1) is 14.3. The zero-order valence-electron chi connectivity index (χ0n) is 18.1. The van der Waals surface area contributed by atoms with E-state index in [-0.39, 0.29) is 18.4 Å². The van der Waals surface area contributed by atoms with E-state index in [1.807, 2.05) is 58.0 Å². The van der Waals surface area contributed by atoms with Crippen molar-refractivity contribution in [1.82, 2.24) is 10.2 Å². The SMILES string of the molecule is CCN(CC)C(=O)c1ccc(C(O)C(CC(C)C)NC(=O)OCc2ccccc2)s1. The van der Waals surface area contributed by atoms with E-state index in [4.69, 9.17) is 4.74 Å². The molecule has 2 aromatic rings. The van der Waals surface area contributed by atoms with Crippen LogP contribution in [0.1, 0.15) is 60.3 Å². The van der Waals surface area contributed by atoms with Crippen LogP contribution in [0.25, 0.3) is 0 Å². The van der Waals surface area contributed by atoms with Crippen LogP contribution in [0.5, 0.6) is 0 Å². The first kappa shape index (κ1) is 23.9. The van der Waals surface area contributed by atoms with E-state index in [2.05, 4.69) is 5.32 Å². The molecule has 2 atom stereocenters. The number of nitrogens with one attached hydrogen (secondary N) is 1. The number of thiophene rings is 1. The molecule has 0 fully saturated rings. The second kappa shape index (κ2) is 11.7. The standard InChI is InChI=1S/C23H32N2O4S/c1-5-25(6-2)22(27)20-13-12-19(30-20)21(26)18(14-16(3)4)24-23(28)29-15-17-10-8-7-9-11-17/h7-13,16,18,21,26H,5-6,14-15H2,1-4H3,(H,24,28). The summed E-state index contributed by atoms with van der Waals surface area (Å²) in [6.45, 7) is 9.37. The van der Waals surface area contributed by atoms with Gasteiger partial charge in [-0.15, -0.1) is 11.3 Å². The van der Waals surface area contributed by atoms with Crippen LogP contribution in [0.3, 0.4) is 0 Å². The molecule has 0 bridgehead atoms. The number of carbonyl (C=O) groups excluding carboxylic acids is 2. The monoisotopic (exact) mass is 432 g/mol. The van der Waals surface area contributed by atoms with Crippen molar-refractivity contribution in [2.75, 3.05) is 13.1 Å². The van der Waals surface area contributed by atoms with Gasteiger partial charge in [0.25, 0.3) is 5.91 Å². The molecule has 2 rings (SSSR count). The molecule has 0 aliphatic carbocycles. The summed E-state index contributed by atoms with van der Waals surface area (Å²) < 4.78 is 5.31. The summed E-state index contributed by atoms with van der Waals surface area (Å²) >= 11 is 1.27. The van der Waals surface area contributed by atoms with Crippen molar-refractivity contribution < 1.29 is 19.4 Å². The number of carbonyl (C=O) groups is 2. The van der Waals surface area contributed by atoms with E-state index in [1.54, 1.807) is 17.0 Å². The van der Waals surface area contributed by atoms with Gasteiger partial charge >= 0.3 is 6.09 Å². The number of aliphatic hydroxyl groups excluding tert-OH is 1. The van der Waals surface area contributed by atoms with Crippen molar-refractivity contribution in [2.45, 2.75) is 52.9 Å². The normalized spacial score (nSPS) is 13.0. The highest BCUT2D eigenvalue weighted by Crippen LogP contribution is 2.29. The molecule has 0 spiro atoms. The fraction of sp³-hybridized carbons (Fsp3) is 0.478. The van der Waals surface area contributed by atoms with Crippen LogP contribution in [0.4, 0.5) is 4.79 Å². The molecule has 0 aliphatic heterocycles. The quantitative estimate of drug-likeness (QED) is 0.575. The van der Waals surface area contributed by atoms with Crippen molar-refractivity contribution in [3.05, 3.63) is 57.8 Å². The zero-order valence-corrected chi connectivity index (χ0v) is 18.9. The maximum Gasteiger partial charge on any atom is 0.407 e.